The first-order chi connectivity index (χ1) is 7.81. The van der Waals surface area contributed by atoms with Gasteiger partial charge >= 0.3 is 0 Å². The molecule has 0 spiro atoms. The molecule has 1 rings (SSSR count). The maximum Gasteiger partial charge on any atom is 0.228 e. The highest BCUT2D eigenvalue weighted by atomic mass is 16.2. The maximum atomic E-state index is 12.6. The molecule has 1 fully saturated rings. The Morgan fingerprint density at radius 3 is 2.24 bits per heavy atom. The van der Waals surface area contributed by atoms with Crippen LogP contribution in [-0.2, 0) is 4.79 Å². The number of amides is 1. The number of nitrogens with zero attached hydrogens (tertiary/aromatic N) is 1. The van der Waals surface area contributed by atoms with Gasteiger partial charge in [-0.1, -0.05) is 27.7 Å². The molecule has 1 aliphatic rings. The van der Waals surface area contributed by atoms with Crippen molar-refractivity contribution in [3.8, 4) is 0 Å². The Labute approximate surface area is 106 Å². The van der Waals surface area contributed by atoms with Gasteiger partial charge in [-0.3, -0.25) is 4.79 Å². The molecular weight excluding hydrogens is 212 g/mol. The van der Waals surface area contributed by atoms with Gasteiger partial charge in [0.1, 0.15) is 0 Å². The minimum Gasteiger partial charge on any atom is -0.345 e. The summed E-state index contributed by atoms with van der Waals surface area (Å²) in [5.41, 5.74) is 0.0670. The van der Waals surface area contributed by atoms with E-state index in [-0.39, 0.29) is 10.8 Å². The summed E-state index contributed by atoms with van der Waals surface area (Å²) in [5, 5.41) is 3.35. The minimum atomic E-state index is -0.106. The Kier molecular flexibility index (Phi) is 4.59. The second-order valence-corrected chi connectivity index (χ2v) is 6.61. The Morgan fingerprint density at radius 2 is 1.82 bits per heavy atom. The van der Waals surface area contributed by atoms with E-state index >= 15 is 0 Å². The second-order valence-electron chi connectivity index (χ2n) is 6.61. The Balaban J connectivity index is 2.71. The fraction of sp³-hybridized carbons (Fsp3) is 0.929. The average molecular weight is 240 g/mol. The third-order valence-corrected chi connectivity index (χ3v) is 3.75. The average Bonchev–Trinajstić information content (AvgIpc) is 2.26. The van der Waals surface area contributed by atoms with Gasteiger partial charge in [-0.15, -0.1) is 0 Å². The number of carbonyl (C=O) groups excluding carboxylic acids is 1. The van der Waals surface area contributed by atoms with Crippen molar-refractivity contribution in [2.75, 3.05) is 26.7 Å². The highest BCUT2D eigenvalue weighted by molar-refractivity contribution is 5.82. The summed E-state index contributed by atoms with van der Waals surface area (Å²) in [6.07, 6.45) is 2.93. The first kappa shape index (κ1) is 14.5. The van der Waals surface area contributed by atoms with Crippen LogP contribution in [0.5, 0.6) is 0 Å². The van der Waals surface area contributed by atoms with Crippen LogP contribution in [-0.4, -0.2) is 37.5 Å². The Morgan fingerprint density at radius 1 is 1.29 bits per heavy atom. The van der Waals surface area contributed by atoms with Crippen molar-refractivity contribution in [1.82, 2.24) is 10.2 Å². The highest BCUT2D eigenvalue weighted by Gasteiger charge is 2.40. The first-order valence-corrected chi connectivity index (χ1v) is 6.77. The van der Waals surface area contributed by atoms with Crippen LogP contribution in [0.1, 0.15) is 47.0 Å². The fourth-order valence-corrected chi connectivity index (χ4v) is 2.81. The number of hydrogen-bond donors (Lipinski definition) is 1. The van der Waals surface area contributed by atoms with Crippen LogP contribution in [0.25, 0.3) is 0 Å². The molecule has 0 aromatic rings. The van der Waals surface area contributed by atoms with Crippen molar-refractivity contribution < 1.29 is 4.79 Å². The number of carbonyl (C=O) groups is 1. The molecule has 0 unspecified atom stereocenters. The van der Waals surface area contributed by atoms with E-state index in [1.165, 1.54) is 0 Å². The molecular formula is C14H28N2O. The highest BCUT2D eigenvalue weighted by Crippen LogP contribution is 2.35. The minimum absolute atomic E-state index is 0.106. The smallest absolute Gasteiger partial charge is 0.228 e. The van der Waals surface area contributed by atoms with Crippen LogP contribution in [0.3, 0.4) is 0 Å². The summed E-state index contributed by atoms with van der Waals surface area (Å²) in [5.74, 6) is 0.344. The maximum absolute atomic E-state index is 12.6. The lowest BCUT2D eigenvalue weighted by molar-refractivity contribution is -0.144. The zero-order valence-electron chi connectivity index (χ0n) is 12.1. The molecule has 1 aliphatic heterocycles. The number of nitrogens with one attached hydrogen (secondary N) is 1. The molecule has 1 saturated heterocycles. The van der Waals surface area contributed by atoms with E-state index in [2.05, 4.69) is 33.0 Å². The van der Waals surface area contributed by atoms with Crippen LogP contribution >= 0.6 is 0 Å². The molecule has 0 bridgehead atoms. The lowest BCUT2D eigenvalue weighted by Crippen LogP contribution is -2.49. The van der Waals surface area contributed by atoms with Crippen LogP contribution in [0.15, 0.2) is 0 Å². The summed E-state index contributed by atoms with van der Waals surface area (Å²) in [7, 11) is 1.95. The molecule has 1 heterocycles. The van der Waals surface area contributed by atoms with Gasteiger partial charge < -0.3 is 10.2 Å². The van der Waals surface area contributed by atoms with Gasteiger partial charge in [0, 0.05) is 13.6 Å². The zero-order chi connectivity index (χ0) is 13.1. The largest absolute Gasteiger partial charge is 0.345 e. The van der Waals surface area contributed by atoms with Crippen molar-refractivity contribution in [2.45, 2.75) is 47.0 Å². The van der Waals surface area contributed by atoms with Gasteiger partial charge in [-0.25, -0.2) is 0 Å². The van der Waals surface area contributed by atoms with Crippen molar-refractivity contribution >= 4 is 5.91 Å². The molecule has 0 atom stereocenters. The quantitative estimate of drug-likeness (QED) is 0.821. The van der Waals surface area contributed by atoms with Gasteiger partial charge in [0.05, 0.1) is 5.41 Å². The van der Waals surface area contributed by atoms with Gasteiger partial charge in [0.15, 0.2) is 0 Å². The third kappa shape index (κ3) is 3.70. The SMILES string of the molecule is CCC1(C(=O)N(C)CC(C)(C)C)CCNCC1. The van der Waals surface area contributed by atoms with Crippen LogP contribution in [0, 0.1) is 10.8 Å². The van der Waals surface area contributed by atoms with E-state index in [0.29, 0.717) is 5.91 Å². The van der Waals surface area contributed by atoms with Crippen molar-refractivity contribution in [2.24, 2.45) is 10.8 Å². The lowest BCUT2D eigenvalue weighted by atomic mass is 9.75. The van der Waals surface area contributed by atoms with Gasteiger partial charge in [-0.05, 0) is 37.8 Å². The fourth-order valence-electron chi connectivity index (χ4n) is 2.81. The van der Waals surface area contributed by atoms with Gasteiger partial charge in [0.2, 0.25) is 5.91 Å². The van der Waals surface area contributed by atoms with E-state index in [1.54, 1.807) is 0 Å². The molecule has 0 aliphatic carbocycles. The van der Waals surface area contributed by atoms with E-state index in [1.807, 2.05) is 11.9 Å². The summed E-state index contributed by atoms with van der Waals surface area (Å²) in [6.45, 7) is 11.5. The van der Waals surface area contributed by atoms with E-state index in [4.69, 9.17) is 0 Å². The molecule has 0 saturated carbocycles. The summed E-state index contributed by atoms with van der Waals surface area (Å²) in [4.78, 5) is 14.6. The van der Waals surface area contributed by atoms with Gasteiger partial charge in [0.25, 0.3) is 0 Å². The number of piperidine rings is 1. The van der Waals surface area contributed by atoms with E-state index < -0.39 is 0 Å². The molecule has 1 N–H and O–H groups in total. The Hall–Kier alpha value is -0.570. The predicted octanol–water partition coefficient (Wildman–Crippen LogP) is 2.27. The third-order valence-electron chi connectivity index (χ3n) is 3.75. The number of rotatable bonds is 3. The summed E-state index contributed by atoms with van der Waals surface area (Å²) in [6, 6.07) is 0. The van der Waals surface area contributed by atoms with E-state index in [0.717, 1.165) is 38.9 Å². The summed E-state index contributed by atoms with van der Waals surface area (Å²) < 4.78 is 0. The van der Waals surface area contributed by atoms with Crippen LogP contribution < -0.4 is 5.32 Å². The monoisotopic (exact) mass is 240 g/mol. The molecule has 0 aromatic carbocycles. The molecule has 3 heteroatoms. The van der Waals surface area contributed by atoms with Crippen LogP contribution in [0.4, 0.5) is 0 Å². The second kappa shape index (κ2) is 5.38. The molecule has 3 nitrogen and oxygen atoms in total. The molecule has 0 aromatic heterocycles. The van der Waals surface area contributed by atoms with Crippen molar-refractivity contribution in [3.63, 3.8) is 0 Å². The zero-order valence-corrected chi connectivity index (χ0v) is 12.1. The normalized spacial score (nSPS) is 20.1. The molecule has 17 heavy (non-hydrogen) atoms. The van der Waals surface area contributed by atoms with Crippen molar-refractivity contribution in [1.29, 1.82) is 0 Å². The predicted molar refractivity (Wildman–Crippen MR) is 71.9 cm³/mol. The standard InChI is InChI=1S/C14H28N2O/c1-6-14(7-9-15-10-8-14)12(17)16(5)11-13(2,3)4/h15H,6-11H2,1-5H3. The van der Waals surface area contributed by atoms with Crippen LogP contribution in [0.2, 0.25) is 0 Å². The molecule has 0 radical (unpaired) electrons. The molecule has 100 valence electrons. The topological polar surface area (TPSA) is 32.3 Å². The van der Waals surface area contributed by atoms with E-state index in [9.17, 15) is 4.79 Å². The van der Waals surface area contributed by atoms with Gasteiger partial charge in [-0.2, -0.15) is 0 Å². The summed E-state index contributed by atoms with van der Waals surface area (Å²) >= 11 is 0. The number of hydrogen-bond acceptors (Lipinski definition) is 2. The Bertz CT molecular complexity index is 262. The van der Waals surface area contributed by atoms with Crippen molar-refractivity contribution in [3.05, 3.63) is 0 Å². The first-order valence-electron chi connectivity index (χ1n) is 6.77. The lowest BCUT2D eigenvalue weighted by Gasteiger charge is -2.40. The molecule has 1 amide bonds.